The molecule has 2 N–H and O–H groups in total. The number of nitrogens with zero attached hydrogens (tertiary/aromatic N) is 2. The normalized spacial score (nSPS) is 10.3. The van der Waals surface area contributed by atoms with Gasteiger partial charge in [0.1, 0.15) is 0 Å². The van der Waals surface area contributed by atoms with Crippen molar-refractivity contribution in [3.8, 4) is 0 Å². The summed E-state index contributed by atoms with van der Waals surface area (Å²) in [7, 11) is 0. The fourth-order valence-corrected chi connectivity index (χ4v) is 2.47. The van der Waals surface area contributed by atoms with Crippen LogP contribution in [0.25, 0.3) is 0 Å². The Bertz CT molecular complexity index is 875. The number of anilines is 2. The number of carbonyl (C=O) groups excluding carboxylic acids is 1. The van der Waals surface area contributed by atoms with Crippen LogP contribution in [-0.4, -0.2) is 15.9 Å². The maximum Gasteiger partial charge on any atom is 0.258 e. The van der Waals surface area contributed by atoms with Crippen LogP contribution < -0.4 is 10.6 Å². The van der Waals surface area contributed by atoms with E-state index in [-0.39, 0.29) is 5.91 Å². The molecule has 0 aliphatic rings. The molecule has 0 radical (unpaired) electrons. The van der Waals surface area contributed by atoms with E-state index >= 15 is 0 Å². The fourth-order valence-electron chi connectivity index (χ4n) is 2.47. The highest BCUT2D eigenvalue weighted by molar-refractivity contribution is 6.03. The van der Waals surface area contributed by atoms with Gasteiger partial charge in [-0.25, -0.2) is 9.97 Å². The molecule has 0 unspecified atom stereocenters. The first-order chi connectivity index (χ1) is 12.1. The van der Waals surface area contributed by atoms with Gasteiger partial charge in [-0.05, 0) is 37.1 Å². The SMILES string of the molecule is Cc1cccc(CNc2ncc(C(=O)Nc3cccc(C)c3)cn2)c1. The van der Waals surface area contributed by atoms with E-state index in [2.05, 4.69) is 39.7 Å². The van der Waals surface area contributed by atoms with Gasteiger partial charge in [-0.2, -0.15) is 0 Å². The highest BCUT2D eigenvalue weighted by Crippen LogP contribution is 2.12. The summed E-state index contributed by atoms with van der Waals surface area (Å²) in [5, 5.41) is 6.00. The second kappa shape index (κ2) is 7.57. The van der Waals surface area contributed by atoms with Crippen LogP contribution >= 0.6 is 0 Å². The molecule has 0 spiro atoms. The third-order valence-corrected chi connectivity index (χ3v) is 3.72. The Labute approximate surface area is 147 Å². The summed E-state index contributed by atoms with van der Waals surface area (Å²) in [5.74, 6) is 0.268. The number of carbonyl (C=O) groups is 1. The van der Waals surface area contributed by atoms with Crippen LogP contribution in [0.1, 0.15) is 27.0 Å². The molecule has 0 fully saturated rings. The van der Waals surface area contributed by atoms with E-state index < -0.39 is 0 Å². The Balaban J connectivity index is 1.60. The number of rotatable bonds is 5. The lowest BCUT2D eigenvalue weighted by molar-refractivity contribution is 0.102. The van der Waals surface area contributed by atoms with Gasteiger partial charge in [0.25, 0.3) is 5.91 Å². The van der Waals surface area contributed by atoms with E-state index in [4.69, 9.17) is 0 Å². The van der Waals surface area contributed by atoms with Gasteiger partial charge in [0.2, 0.25) is 5.95 Å². The molecule has 5 nitrogen and oxygen atoms in total. The van der Waals surface area contributed by atoms with E-state index in [1.165, 1.54) is 18.0 Å². The van der Waals surface area contributed by atoms with Gasteiger partial charge in [0.15, 0.2) is 0 Å². The molecule has 0 atom stereocenters. The first-order valence-electron chi connectivity index (χ1n) is 8.09. The molecule has 0 saturated carbocycles. The Morgan fingerprint density at radius 3 is 2.32 bits per heavy atom. The van der Waals surface area contributed by atoms with Crippen molar-refractivity contribution in [2.24, 2.45) is 0 Å². The van der Waals surface area contributed by atoms with E-state index in [1.807, 2.05) is 43.3 Å². The second-order valence-corrected chi connectivity index (χ2v) is 5.96. The average molecular weight is 332 g/mol. The van der Waals surface area contributed by atoms with Crippen molar-refractivity contribution in [3.63, 3.8) is 0 Å². The van der Waals surface area contributed by atoms with Gasteiger partial charge in [-0.1, -0.05) is 42.0 Å². The highest BCUT2D eigenvalue weighted by atomic mass is 16.1. The van der Waals surface area contributed by atoms with Crippen molar-refractivity contribution in [1.29, 1.82) is 0 Å². The number of aryl methyl sites for hydroxylation is 2. The molecule has 3 rings (SSSR count). The zero-order valence-corrected chi connectivity index (χ0v) is 14.3. The molecule has 0 bridgehead atoms. The Morgan fingerprint density at radius 1 is 0.960 bits per heavy atom. The lowest BCUT2D eigenvalue weighted by Crippen LogP contribution is -2.13. The quantitative estimate of drug-likeness (QED) is 0.742. The second-order valence-electron chi connectivity index (χ2n) is 5.96. The molecule has 0 saturated heterocycles. The predicted octanol–water partition coefficient (Wildman–Crippen LogP) is 3.96. The van der Waals surface area contributed by atoms with Crippen LogP contribution in [0.4, 0.5) is 11.6 Å². The number of benzene rings is 2. The van der Waals surface area contributed by atoms with Crippen molar-refractivity contribution in [1.82, 2.24) is 9.97 Å². The molecular weight excluding hydrogens is 312 g/mol. The lowest BCUT2D eigenvalue weighted by atomic mass is 10.1. The number of hydrogen-bond acceptors (Lipinski definition) is 4. The van der Waals surface area contributed by atoms with Gasteiger partial charge in [-0.3, -0.25) is 4.79 Å². The summed E-state index contributed by atoms with van der Waals surface area (Å²) in [6.45, 7) is 4.67. The van der Waals surface area contributed by atoms with E-state index in [1.54, 1.807) is 0 Å². The largest absolute Gasteiger partial charge is 0.350 e. The smallest absolute Gasteiger partial charge is 0.258 e. The average Bonchev–Trinajstić information content (AvgIpc) is 2.60. The van der Waals surface area contributed by atoms with Gasteiger partial charge in [0.05, 0.1) is 5.56 Å². The molecule has 1 amide bonds. The number of aromatic nitrogens is 2. The molecule has 5 heteroatoms. The molecule has 126 valence electrons. The van der Waals surface area contributed by atoms with Gasteiger partial charge >= 0.3 is 0 Å². The lowest BCUT2D eigenvalue weighted by Gasteiger charge is -2.07. The molecule has 25 heavy (non-hydrogen) atoms. The molecule has 0 aliphatic carbocycles. The van der Waals surface area contributed by atoms with E-state index in [0.29, 0.717) is 18.1 Å². The van der Waals surface area contributed by atoms with Crippen molar-refractivity contribution in [3.05, 3.63) is 83.2 Å². The topological polar surface area (TPSA) is 66.9 Å². The van der Waals surface area contributed by atoms with E-state index in [9.17, 15) is 4.79 Å². The van der Waals surface area contributed by atoms with Crippen molar-refractivity contribution >= 4 is 17.5 Å². The Morgan fingerprint density at radius 2 is 1.64 bits per heavy atom. The zero-order chi connectivity index (χ0) is 17.6. The molecule has 2 aromatic carbocycles. The monoisotopic (exact) mass is 332 g/mol. The minimum atomic E-state index is -0.226. The molecular formula is C20H20N4O. The molecule has 1 aromatic heterocycles. The Kier molecular flexibility index (Phi) is 5.04. The van der Waals surface area contributed by atoms with Crippen LogP contribution in [0.5, 0.6) is 0 Å². The Hall–Kier alpha value is -3.21. The number of nitrogens with one attached hydrogen (secondary N) is 2. The summed E-state index contributed by atoms with van der Waals surface area (Å²) in [4.78, 5) is 20.7. The van der Waals surface area contributed by atoms with Crippen LogP contribution in [0.3, 0.4) is 0 Å². The van der Waals surface area contributed by atoms with Gasteiger partial charge in [0, 0.05) is 24.6 Å². The van der Waals surface area contributed by atoms with Gasteiger partial charge in [-0.15, -0.1) is 0 Å². The number of amides is 1. The minimum absolute atomic E-state index is 0.226. The van der Waals surface area contributed by atoms with Gasteiger partial charge < -0.3 is 10.6 Å². The highest BCUT2D eigenvalue weighted by Gasteiger charge is 2.08. The summed E-state index contributed by atoms with van der Waals surface area (Å²) < 4.78 is 0. The summed E-state index contributed by atoms with van der Waals surface area (Å²) in [5.41, 5.74) is 4.63. The standard InChI is InChI=1S/C20H20N4O/c1-14-5-3-7-16(9-14)11-21-20-22-12-17(13-23-20)19(25)24-18-8-4-6-15(2)10-18/h3-10,12-13H,11H2,1-2H3,(H,24,25)(H,21,22,23). The van der Waals surface area contributed by atoms with Crippen LogP contribution in [-0.2, 0) is 6.54 Å². The van der Waals surface area contributed by atoms with Crippen LogP contribution in [0, 0.1) is 13.8 Å². The maximum absolute atomic E-state index is 12.2. The van der Waals surface area contributed by atoms with Crippen molar-refractivity contribution in [2.75, 3.05) is 10.6 Å². The fraction of sp³-hybridized carbons (Fsp3) is 0.150. The maximum atomic E-state index is 12.2. The van der Waals surface area contributed by atoms with Crippen LogP contribution in [0.15, 0.2) is 60.9 Å². The van der Waals surface area contributed by atoms with E-state index in [0.717, 1.165) is 16.8 Å². The zero-order valence-electron chi connectivity index (χ0n) is 14.3. The summed E-state index contributed by atoms with van der Waals surface area (Å²) >= 11 is 0. The third-order valence-electron chi connectivity index (χ3n) is 3.72. The molecule has 0 aliphatic heterocycles. The summed E-state index contributed by atoms with van der Waals surface area (Å²) in [6.07, 6.45) is 3.05. The van der Waals surface area contributed by atoms with Crippen molar-refractivity contribution in [2.45, 2.75) is 20.4 Å². The number of hydrogen-bond donors (Lipinski definition) is 2. The van der Waals surface area contributed by atoms with Crippen molar-refractivity contribution < 1.29 is 4.79 Å². The third kappa shape index (κ3) is 4.64. The minimum Gasteiger partial charge on any atom is -0.350 e. The first kappa shape index (κ1) is 16.6. The van der Waals surface area contributed by atoms with Crippen LogP contribution in [0.2, 0.25) is 0 Å². The summed E-state index contributed by atoms with van der Waals surface area (Å²) in [6, 6.07) is 15.9. The predicted molar refractivity (Wildman–Crippen MR) is 99.7 cm³/mol. The molecule has 3 aromatic rings. The molecule has 1 heterocycles. The first-order valence-corrected chi connectivity index (χ1v) is 8.09.